The normalized spacial score (nSPS) is 22.2. The number of benzene rings is 2. The summed E-state index contributed by atoms with van der Waals surface area (Å²) in [6, 6.07) is 17.3. The molecule has 6 heteroatoms. The number of carbonyl (C=O) groups is 2. The van der Waals surface area contributed by atoms with Gasteiger partial charge in [0.25, 0.3) is 5.91 Å². The zero-order chi connectivity index (χ0) is 20.2. The van der Waals surface area contributed by atoms with Crippen LogP contribution >= 0.6 is 0 Å². The molecule has 0 aliphatic carbocycles. The molecule has 0 spiro atoms. The predicted octanol–water partition coefficient (Wildman–Crippen LogP) is 3.34. The summed E-state index contributed by atoms with van der Waals surface area (Å²) in [5, 5.41) is 2.85. The third kappa shape index (κ3) is 4.27. The Labute approximate surface area is 171 Å². The maximum Gasteiger partial charge on any atom is 0.325 e. The maximum atomic E-state index is 12.9. The first-order valence-corrected chi connectivity index (χ1v) is 10.3. The molecule has 2 atom stereocenters. The molecule has 2 saturated heterocycles. The molecular weight excluding hydrogens is 366 g/mol. The zero-order valence-electron chi connectivity index (χ0n) is 16.7. The van der Waals surface area contributed by atoms with Crippen molar-refractivity contribution < 1.29 is 14.3 Å². The van der Waals surface area contributed by atoms with Crippen molar-refractivity contribution in [1.29, 1.82) is 0 Å². The first-order valence-electron chi connectivity index (χ1n) is 10.3. The van der Waals surface area contributed by atoms with Crippen LogP contribution in [0.4, 0.5) is 4.79 Å². The van der Waals surface area contributed by atoms with Gasteiger partial charge in [-0.1, -0.05) is 42.5 Å². The second-order valence-electron chi connectivity index (χ2n) is 7.57. The predicted molar refractivity (Wildman–Crippen MR) is 110 cm³/mol. The van der Waals surface area contributed by atoms with E-state index in [0.29, 0.717) is 19.7 Å². The van der Waals surface area contributed by atoms with Gasteiger partial charge < -0.3 is 10.1 Å². The van der Waals surface area contributed by atoms with E-state index >= 15 is 0 Å². The van der Waals surface area contributed by atoms with Gasteiger partial charge in [-0.2, -0.15) is 0 Å². The topological polar surface area (TPSA) is 61.9 Å². The quantitative estimate of drug-likeness (QED) is 0.733. The lowest BCUT2D eigenvalue weighted by atomic mass is 10.0. The first kappa shape index (κ1) is 19.5. The molecule has 152 valence electrons. The molecule has 6 nitrogen and oxygen atoms in total. The lowest BCUT2D eigenvalue weighted by Crippen LogP contribution is -2.41. The van der Waals surface area contributed by atoms with E-state index in [1.807, 2.05) is 49.4 Å². The van der Waals surface area contributed by atoms with Crippen LogP contribution in [-0.4, -0.2) is 47.6 Å². The molecule has 0 unspecified atom stereocenters. The van der Waals surface area contributed by atoms with E-state index in [-0.39, 0.29) is 18.0 Å². The zero-order valence-corrected chi connectivity index (χ0v) is 16.7. The van der Waals surface area contributed by atoms with Crippen LogP contribution in [0.2, 0.25) is 0 Å². The molecule has 0 saturated carbocycles. The Morgan fingerprint density at radius 3 is 2.55 bits per heavy atom. The summed E-state index contributed by atoms with van der Waals surface area (Å²) in [4.78, 5) is 28.9. The molecule has 2 fully saturated rings. The van der Waals surface area contributed by atoms with E-state index in [9.17, 15) is 9.59 Å². The number of nitrogens with one attached hydrogen (secondary N) is 1. The smallest absolute Gasteiger partial charge is 0.325 e. The highest BCUT2D eigenvalue weighted by Gasteiger charge is 2.40. The molecule has 0 radical (unpaired) electrons. The average Bonchev–Trinajstić information content (AvgIpc) is 3.30. The van der Waals surface area contributed by atoms with Gasteiger partial charge in [0, 0.05) is 19.0 Å². The van der Waals surface area contributed by atoms with Crippen molar-refractivity contribution in [2.45, 2.75) is 38.3 Å². The monoisotopic (exact) mass is 393 g/mol. The highest BCUT2D eigenvalue weighted by molar-refractivity contribution is 6.04. The number of urea groups is 1. The highest BCUT2D eigenvalue weighted by atomic mass is 16.5. The van der Waals surface area contributed by atoms with Crippen molar-refractivity contribution in [3.05, 3.63) is 65.7 Å². The maximum absolute atomic E-state index is 12.9. The van der Waals surface area contributed by atoms with Gasteiger partial charge in [-0.05, 0) is 43.0 Å². The van der Waals surface area contributed by atoms with Gasteiger partial charge >= 0.3 is 6.03 Å². The number of nitrogens with zero attached hydrogens (tertiary/aromatic N) is 2. The Bertz CT molecular complexity index is 853. The van der Waals surface area contributed by atoms with Gasteiger partial charge in [0.05, 0.1) is 13.3 Å². The van der Waals surface area contributed by atoms with E-state index in [4.69, 9.17) is 4.74 Å². The Morgan fingerprint density at radius 1 is 1.07 bits per heavy atom. The fraction of sp³-hybridized carbons (Fsp3) is 0.391. The number of hydrogen-bond acceptors (Lipinski definition) is 4. The van der Waals surface area contributed by atoms with Crippen molar-refractivity contribution >= 4 is 11.9 Å². The molecule has 1 N–H and O–H groups in total. The van der Waals surface area contributed by atoms with E-state index in [2.05, 4.69) is 22.3 Å². The largest absolute Gasteiger partial charge is 0.494 e. The first-order chi connectivity index (χ1) is 14.2. The number of carbonyl (C=O) groups excluding carboxylic acids is 2. The second-order valence-corrected chi connectivity index (χ2v) is 7.57. The number of ether oxygens (including phenoxy) is 1. The molecule has 0 aromatic heterocycles. The van der Waals surface area contributed by atoms with Crippen molar-refractivity contribution in [2.75, 3.05) is 19.8 Å². The molecular formula is C23H27N3O3. The van der Waals surface area contributed by atoms with Crippen molar-refractivity contribution in [1.82, 2.24) is 15.1 Å². The molecule has 29 heavy (non-hydrogen) atoms. The summed E-state index contributed by atoms with van der Waals surface area (Å²) in [7, 11) is 0. The van der Waals surface area contributed by atoms with Crippen molar-refractivity contribution in [3.63, 3.8) is 0 Å². The fourth-order valence-corrected chi connectivity index (χ4v) is 4.21. The summed E-state index contributed by atoms with van der Waals surface area (Å²) >= 11 is 0. The highest BCUT2D eigenvalue weighted by Crippen LogP contribution is 2.33. The van der Waals surface area contributed by atoms with Crippen molar-refractivity contribution in [2.24, 2.45) is 0 Å². The van der Waals surface area contributed by atoms with Crippen LogP contribution in [0, 0.1) is 0 Å². The summed E-state index contributed by atoms with van der Waals surface area (Å²) in [5.74, 6) is 0.717. The number of imide groups is 1. The van der Waals surface area contributed by atoms with Gasteiger partial charge in [-0.25, -0.2) is 9.69 Å². The molecule has 2 aromatic rings. The van der Waals surface area contributed by atoms with Crippen LogP contribution in [0.5, 0.6) is 5.75 Å². The summed E-state index contributed by atoms with van der Waals surface area (Å²) < 4.78 is 5.53. The van der Waals surface area contributed by atoms with E-state index < -0.39 is 6.04 Å². The molecule has 2 aliphatic heterocycles. The fourth-order valence-electron chi connectivity index (χ4n) is 4.21. The van der Waals surface area contributed by atoms with Crippen LogP contribution in [-0.2, 0) is 11.2 Å². The number of rotatable bonds is 7. The van der Waals surface area contributed by atoms with Gasteiger partial charge in [0.15, 0.2) is 0 Å². The minimum atomic E-state index is -0.489. The molecule has 2 heterocycles. The molecule has 2 aromatic carbocycles. The Morgan fingerprint density at radius 2 is 1.83 bits per heavy atom. The Hall–Kier alpha value is -2.86. The summed E-state index contributed by atoms with van der Waals surface area (Å²) in [5.41, 5.74) is 2.24. The summed E-state index contributed by atoms with van der Waals surface area (Å²) in [6.45, 7) is 3.81. The lowest BCUT2D eigenvalue weighted by Gasteiger charge is -2.28. The van der Waals surface area contributed by atoms with Crippen LogP contribution < -0.4 is 10.1 Å². The Balaban J connectivity index is 1.42. The standard InChI is InChI=1S/C23H27N3O3/c1-2-29-19-12-10-18(11-13-19)21-9-6-14-25(21)16-26-22(27)20(24-23(26)28)15-17-7-4-3-5-8-17/h3-5,7-8,10-13,20-21H,2,6,9,14-16H2,1H3,(H,24,28)/t20-,21+/m0/s1. The average molecular weight is 393 g/mol. The number of hydrogen-bond donors (Lipinski definition) is 1. The molecule has 4 rings (SSSR count). The van der Waals surface area contributed by atoms with Gasteiger partial charge in [-0.15, -0.1) is 0 Å². The van der Waals surface area contributed by atoms with Crippen LogP contribution in [0.15, 0.2) is 54.6 Å². The minimum Gasteiger partial charge on any atom is -0.494 e. The van der Waals surface area contributed by atoms with Gasteiger partial charge in [0.1, 0.15) is 11.8 Å². The van der Waals surface area contributed by atoms with E-state index in [1.165, 1.54) is 10.5 Å². The summed E-state index contributed by atoms with van der Waals surface area (Å²) in [6.07, 6.45) is 2.59. The Kier molecular flexibility index (Phi) is 5.81. The molecule has 3 amide bonds. The van der Waals surface area contributed by atoms with Gasteiger partial charge in [0.2, 0.25) is 0 Å². The third-order valence-electron chi connectivity index (χ3n) is 5.65. The van der Waals surface area contributed by atoms with E-state index in [1.54, 1.807) is 0 Å². The molecule has 0 bridgehead atoms. The van der Waals surface area contributed by atoms with Crippen LogP contribution in [0.25, 0.3) is 0 Å². The number of amides is 3. The third-order valence-corrected chi connectivity index (χ3v) is 5.65. The van der Waals surface area contributed by atoms with E-state index in [0.717, 1.165) is 30.7 Å². The van der Waals surface area contributed by atoms with Crippen molar-refractivity contribution in [3.8, 4) is 5.75 Å². The van der Waals surface area contributed by atoms with Gasteiger partial charge in [-0.3, -0.25) is 9.69 Å². The van der Waals surface area contributed by atoms with Crippen LogP contribution in [0.3, 0.4) is 0 Å². The van der Waals surface area contributed by atoms with Crippen LogP contribution in [0.1, 0.15) is 36.9 Å². The molecule has 2 aliphatic rings. The minimum absolute atomic E-state index is 0.142. The lowest BCUT2D eigenvalue weighted by molar-refractivity contribution is -0.129. The SMILES string of the molecule is CCOc1ccc([C@H]2CCCN2CN2C(=O)N[C@@H](Cc3ccccc3)C2=O)cc1. The second kappa shape index (κ2) is 8.66. The number of likely N-dealkylation sites (tertiary alicyclic amines) is 1.